The van der Waals surface area contributed by atoms with Gasteiger partial charge in [-0.2, -0.15) is 0 Å². The number of carbonyl (C=O) groups excluding carboxylic acids is 2. The zero-order valence-corrected chi connectivity index (χ0v) is 22.5. The van der Waals surface area contributed by atoms with Gasteiger partial charge in [0.1, 0.15) is 0 Å². The SMILES string of the molecule is CCCCCCCCCCCCCCCCCCN(C(=O)c1ccccc1)N1CC(C(=O)O)CC1=O. The van der Waals surface area contributed by atoms with Crippen molar-refractivity contribution in [3.63, 3.8) is 0 Å². The van der Waals surface area contributed by atoms with Gasteiger partial charge in [-0.15, -0.1) is 0 Å². The highest BCUT2D eigenvalue weighted by atomic mass is 16.4. The van der Waals surface area contributed by atoms with Gasteiger partial charge in [-0.25, -0.2) is 5.01 Å². The third-order valence-corrected chi connectivity index (χ3v) is 7.22. The molecule has 0 aromatic heterocycles. The number of hydrogen-bond donors (Lipinski definition) is 1. The fourth-order valence-corrected chi connectivity index (χ4v) is 4.96. The van der Waals surface area contributed by atoms with E-state index in [1.165, 1.54) is 93.5 Å². The highest BCUT2D eigenvalue weighted by Gasteiger charge is 2.39. The molecular weight excluding hydrogens is 452 g/mol. The Morgan fingerprint density at radius 1 is 0.806 bits per heavy atom. The zero-order chi connectivity index (χ0) is 26.0. The minimum absolute atomic E-state index is 0.0487. The van der Waals surface area contributed by atoms with Crippen molar-refractivity contribution in [2.45, 2.75) is 116 Å². The van der Waals surface area contributed by atoms with Crippen molar-refractivity contribution >= 4 is 17.8 Å². The van der Waals surface area contributed by atoms with E-state index in [0.29, 0.717) is 12.1 Å². The Bertz CT molecular complexity index is 767. The molecule has 1 aliphatic rings. The number of unbranched alkanes of at least 4 members (excludes halogenated alkanes) is 15. The van der Waals surface area contributed by atoms with Crippen LogP contribution in [0.3, 0.4) is 0 Å². The van der Waals surface area contributed by atoms with Gasteiger partial charge in [-0.1, -0.05) is 121 Å². The minimum atomic E-state index is -0.986. The topological polar surface area (TPSA) is 77.9 Å². The quantitative estimate of drug-likeness (QED) is 0.191. The molecule has 6 nitrogen and oxygen atoms in total. The first-order chi connectivity index (χ1) is 17.5. The van der Waals surface area contributed by atoms with E-state index in [0.717, 1.165) is 19.3 Å². The molecule has 0 radical (unpaired) electrons. The molecule has 0 spiro atoms. The Hall–Kier alpha value is -2.37. The second-order valence-electron chi connectivity index (χ2n) is 10.3. The molecule has 1 aromatic rings. The average molecular weight is 501 g/mol. The number of hydrogen-bond acceptors (Lipinski definition) is 3. The maximum atomic E-state index is 13.1. The van der Waals surface area contributed by atoms with E-state index in [1.54, 1.807) is 24.3 Å². The summed E-state index contributed by atoms with van der Waals surface area (Å²) in [5.41, 5.74) is 0.514. The molecule has 6 heteroatoms. The molecule has 1 aliphatic heterocycles. The molecular formula is C30H48N2O4. The third-order valence-electron chi connectivity index (χ3n) is 7.22. The van der Waals surface area contributed by atoms with Crippen molar-refractivity contribution in [1.29, 1.82) is 0 Å². The van der Waals surface area contributed by atoms with Crippen molar-refractivity contribution in [2.24, 2.45) is 5.92 Å². The first-order valence-corrected chi connectivity index (χ1v) is 14.4. The van der Waals surface area contributed by atoms with Crippen LogP contribution in [0.2, 0.25) is 0 Å². The van der Waals surface area contributed by atoms with Crippen molar-refractivity contribution in [3.8, 4) is 0 Å². The van der Waals surface area contributed by atoms with Crippen molar-refractivity contribution in [1.82, 2.24) is 10.0 Å². The minimum Gasteiger partial charge on any atom is -0.481 e. The second kappa shape index (κ2) is 18.0. The number of aliphatic carboxylic acids is 1. The van der Waals surface area contributed by atoms with Gasteiger partial charge in [-0.05, 0) is 18.6 Å². The van der Waals surface area contributed by atoms with E-state index >= 15 is 0 Å². The lowest BCUT2D eigenvalue weighted by atomic mass is 10.0. The van der Waals surface area contributed by atoms with E-state index in [2.05, 4.69) is 6.92 Å². The summed E-state index contributed by atoms with van der Waals surface area (Å²) in [7, 11) is 0. The molecule has 1 N–H and O–H groups in total. The molecule has 1 heterocycles. The summed E-state index contributed by atoms with van der Waals surface area (Å²) in [5.74, 6) is -2.27. The van der Waals surface area contributed by atoms with Crippen LogP contribution in [-0.4, -0.2) is 46.0 Å². The lowest BCUT2D eigenvalue weighted by Crippen LogP contribution is -2.48. The number of nitrogens with zero attached hydrogens (tertiary/aromatic N) is 2. The number of amides is 2. The van der Waals surface area contributed by atoms with Gasteiger partial charge in [0.2, 0.25) is 5.91 Å². The lowest BCUT2D eigenvalue weighted by molar-refractivity contribution is -0.141. The summed E-state index contributed by atoms with van der Waals surface area (Å²) < 4.78 is 0. The molecule has 0 aliphatic carbocycles. The normalized spacial score (nSPS) is 15.4. The van der Waals surface area contributed by atoms with Crippen molar-refractivity contribution in [2.75, 3.05) is 13.1 Å². The third kappa shape index (κ3) is 11.1. The van der Waals surface area contributed by atoms with Crippen LogP contribution in [0.5, 0.6) is 0 Å². The molecule has 1 aromatic carbocycles. The maximum absolute atomic E-state index is 13.1. The van der Waals surface area contributed by atoms with Gasteiger partial charge in [0, 0.05) is 18.5 Å². The Morgan fingerprint density at radius 2 is 1.28 bits per heavy atom. The molecule has 2 amide bonds. The second-order valence-corrected chi connectivity index (χ2v) is 10.3. The highest BCUT2D eigenvalue weighted by molar-refractivity contribution is 5.96. The molecule has 1 saturated heterocycles. The fourth-order valence-electron chi connectivity index (χ4n) is 4.96. The molecule has 1 unspecified atom stereocenters. The van der Waals surface area contributed by atoms with Crippen LogP contribution in [0.1, 0.15) is 126 Å². The van der Waals surface area contributed by atoms with E-state index in [4.69, 9.17) is 0 Å². The first kappa shape index (κ1) is 29.9. The largest absolute Gasteiger partial charge is 0.481 e. The number of rotatable bonds is 20. The van der Waals surface area contributed by atoms with Gasteiger partial charge >= 0.3 is 5.97 Å². The van der Waals surface area contributed by atoms with E-state index < -0.39 is 11.9 Å². The number of carbonyl (C=O) groups is 3. The molecule has 1 fully saturated rings. The van der Waals surface area contributed by atoms with Crippen molar-refractivity contribution < 1.29 is 19.5 Å². The molecule has 0 bridgehead atoms. The van der Waals surface area contributed by atoms with Crippen LogP contribution in [0.25, 0.3) is 0 Å². The van der Waals surface area contributed by atoms with E-state index in [9.17, 15) is 19.5 Å². The zero-order valence-electron chi connectivity index (χ0n) is 22.5. The summed E-state index contributed by atoms with van der Waals surface area (Å²) in [4.78, 5) is 37.0. The van der Waals surface area contributed by atoms with Gasteiger partial charge < -0.3 is 5.11 Å². The van der Waals surface area contributed by atoms with Crippen LogP contribution in [-0.2, 0) is 9.59 Å². The Morgan fingerprint density at radius 3 is 1.72 bits per heavy atom. The van der Waals surface area contributed by atoms with Gasteiger partial charge in [-0.3, -0.25) is 19.4 Å². The lowest BCUT2D eigenvalue weighted by Gasteiger charge is -2.32. The monoisotopic (exact) mass is 500 g/mol. The van der Waals surface area contributed by atoms with Crippen molar-refractivity contribution in [3.05, 3.63) is 35.9 Å². The van der Waals surface area contributed by atoms with Crippen LogP contribution >= 0.6 is 0 Å². The summed E-state index contributed by atoms with van der Waals surface area (Å²) in [6.45, 7) is 2.76. The number of carboxylic acids is 1. The number of benzene rings is 1. The van der Waals surface area contributed by atoms with Crippen LogP contribution < -0.4 is 0 Å². The first-order valence-electron chi connectivity index (χ1n) is 14.4. The number of carboxylic acid groups (broad SMARTS) is 1. The van der Waals surface area contributed by atoms with E-state index in [-0.39, 0.29) is 24.8 Å². The average Bonchev–Trinajstić information content (AvgIpc) is 3.27. The molecule has 0 saturated carbocycles. The summed E-state index contributed by atoms with van der Waals surface area (Å²) in [5, 5.41) is 12.2. The molecule has 2 rings (SSSR count). The molecule has 1 atom stereocenters. The van der Waals surface area contributed by atoms with E-state index in [1.807, 2.05) is 6.07 Å². The summed E-state index contributed by atoms with van der Waals surface area (Å²) >= 11 is 0. The maximum Gasteiger partial charge on any atom is 0.308 e. The summed E-state index contributed by atoms with van der Waals surface area (Å²) in [6.07, 6.45) is 20.4. The van der Waals surface area contributed by atoms with Gasteiger partial charge in [0.05, 0.1) is 12.5 Å². The molecule has 202 valence electrons. The standard InChI is InChI=1S/C30H48N2O4/c1-2-3-4-5-6-7-8-9-10-11-12-13-14-15-16-20-23-31(29(34)26-21-18-17-19-22-26)32-25-27(30(35)36)24-28(32)33/h17-19,21-22,27H,2-16,20,23-25H2,1H3,(H,35,36). The van der Waals surface area contributed by atoms with Crippen LogP contribution in [0.15, 0.2) is 30.3 Å². The smallest absolute Gasteiger partial charge is 0.308 e. The van der Waals surface area contributed by atoms with Crippen LogP contribution in [0.4, 0.5) is 0 Å². The molecule has 36 heavy (non-hydrogen) atoms. The van der Waals surface area contributed by atoms with Gasteiger partial charge in [0.15, 0.2) is 0 Å². The fraction of sp³-hybridized carbons (Fsp3) is 0.700. The summed E-state index contributed by atoms with van der Waals surface area (Å²) in [6, 6.07) is 8.91. The van der Waals surface area contributed by atoms with Gasteiger partial charge in [0.25, 0.3) is 5.91 Å². The predicted octanol–water partition coefficient (Wildman–Crippen LogP) is 7.24. The van der Waals surface area contributed by atoms with Crippen LogP contribution in [0, 0.1) is 5.92 Å². The Kier molecular flexibility index (Phi) is 14.9. The highest BCUT2D eigenvalue weighted by Crippen LogP contribution is 2.22. The predicted molar refractivity (Wildman–Crippen MR) is 144 cm³/mol. The Balaban J connectivity index is 1.61. The number of hydrazine groups is 1. The Labute approximate surface area is 218 Å².